The van der Waals surface area contributed by atoms with E-state index in [9.17, 15) is 14.4 Å². The highest BCUT2D eigenvalue weighted by Gasteiger charge is 2.17. The van der Waals surface area contributed by atoms with Crippen LogP contribution in [0.1, 0.15) is 28.0 Å². The molecule has 0 radical (unpaired) electrons. The fourth-order valence-corrected chi connectivity index (χ4v) is 3.05. The van der Waals surface area contributed by atoms with E-state index in [1.807, 2.05) is 0 Å². The normalized spacial score (nSPS) is 10.5. The van der Waals surface area contributed by atoms with Gasteiger partial charge < -0.3 is 10.1 Å². The molecule has 11 heteroatoms. The summed E-state index contributed by atoms with van der Waals surface area (Å²) in [4.78, 5) is 42.1. The summed E-state index contributed by atoms with van der Waals surface area (Å²) in [6, 6.07) is 0. The number of H-pyrrole nitrogens is 1. The fourth-order valence-electron chi connectivity index (χ4n) is 1.57. The molecule has 0 unspecified atom stereocenters. The summed E-state index contributed by atoms with van der Waals surface area (Å²) < 4.78 is 4.92. The predicted molar refractivity (Wildman–Crippen MR) is 89.6 cm³/mol. The molecule has 0 aliphatic heterocycles. The number of ether oxygens (including phenoxy) is 1. The van der Waals surface area contributed by atoms with Gasteiger partial charge in [-0.1, -0.05) is 23.1 Å². The number of thioether (sulfide) groups is 1. The van der Waals surface area contributed by atoms with E-state index in [-0.39, 0.29) is 34.7 Å². The first-order valence-electron chi connectivity index (χ1n) is 6.91. The molecule has 2 N–H and O–H groups in total. The maximum atomic E-state index is 11.9. The number of carbonyl (C=O) groups excluding carboxylic acids is 2. The Morgan fingerprint density at radius 3 is 2.71 bits per heavy atom. The third kappa shape index (κ3) is 4.61. The number of carbonyl (C=O) groups is 2. The van der Waals surface area contributed by atoms with Crippen LogP contribution in [0.15, 0.2) is 9.95 Å². The van der Waals surface area contributed by atoms with Crippen molar-refractivity contribution in [1.29, 1.82) is 0 Å². The first kappa shape index (κ1) is 18.1. The van der Waals surface area contributed by atoms with E-state index in [0.717, 1.165) is 23.1 Å². The van der Waals surface area contributed by atoms with Crippen LogP contribution in [0.5, 0.6) is 0 Å². The van der Waals surface area contributed by atoms with E-state index < -0.39 is 5.97 Å². The van der Waals surface area contributed by atoms with Crippen molar-refractivity contribution in [2.75, 3.05) is 17.7 Å². The average molecular weight is 369 g/mol. The Labute approximate surface area is 145 Å². The summed E-state index contributed by atoms with van der Waals surface area (Å²) in [6.45, 7) is 5.19. The lowest BCUT2D eigenvalue weighted by Gasteiger charge is -2.01. The number of nitrogens with one attached hydrogen (secondary N) is 2. The Bertz CT molecular complexity index is 817. The van der Waals surface area contributed by atoms with Crippen molar-refractivity contribution < 1.29 is 14.3 Å². The van der Waals surface area contributed by atoms with Crippen molar-refractivity contribution in [3.8, 4) is 0 Å². The van der Waals surface area contributed by atoms with Gasteiger partial charge in [-0.25, -0.2) is 9.78 Å². The minimum absolute atomic E-state index is 0.0149. The van der Waals surface area contributed by atoms with Crippen molar-refractivity contribution in [2.24, 2.45) is 0 Å². The van der Waals surface area contributed by atoms with Gasteiger partial charge in [-0.05, 0) is 20.8 Å². The standard InChI is InChI=1S/C13H15N5O4S2/c1-4-22-11(21)9-6(2)14-12(24-9)15-8(19)5-23-13-16-10(20)7(3)17-18-13/h4-5H2,1-3H3,(H,14,15,19)(H,16,18,20). The monoisotopic (exact) mass is 369 g/mol. The van der Waals surface area contributed by atoms with Crippen LogP contribution >= 0.6 is 23.1 Å². The van der Waals surface area contributed by atoms with Crippen LogP contribution in [-0.2, 0) is 9.53 Å². The number of hydrogen-bond donors (Lipinski definition) is 2. The highest BCUT2D eigenvalue weighted by Crippen LogP contribution is 2.23. The molecule has 128 valence electrons. The average Bonchev–Trinajstić information content (AvgIpc) is 2.89. The molecule has 2 aromatic heterocycles. The van der Waals surface area contributed by atoms with Crippen LogP contribution in [0.25, 0.3) is 0 Å². The zero-order chi connectivity index (χ0) is 17.7. The van der Waals surface area contributed by atoms with Gasteiger partial charge in [0.15, 0.2) is 10.3 Å². The number of anilines is 1. The number of thiazole rings is 1. The summed E-state index contributed by atoms with van der Waals surface area (Å²) in [5.74, 6) is -0.789. The molecule has 0 saturated heterocycles. The first-order chi connectivity index (χ1) is 11.4. The Morgan fingerprint density at radius 2 is 2.04 bits per heavy atom. The van der Waals surface area contributed by atoms with Gasteiger partial charge in [0.2, 0.25) is 5.91 Å². The van der Waals surface area contributed by atoms with Gasteiger partial charge in [-0.15, -0.1) is 10.2 Å². The Balaban J connectivity index is 1.95. The minimum Gasteiger partial charge on any atom is -0.462 e. The van der Waals surface area contributed by atoms with Gasteiger partial charge in [0.05, 0.1) is 18.1 Å². The van der Waals surface area contributed by atoms with Crippen molar-refractivity contribution >= 4 is 40.1 Å². The molecule has 0 saturated carbocycles. The molecule has 1 amide bonds. The van der Waals surface area contributed by atoms with E-state index in [1.54, 1.807) is 20.8 Å². The van der Waals surface area contributed by atoms with Crippen LogP contribution in [0.3, 0.4) is 0 Å². The van der Waals surface area contributed by atoms with Crippen molar-refractivity contribution in [3.05, 3.63) is 26.6 Å². The second-order valence-electron chi connectivity index (χ2n) is 4.54. The molecule has 0 aromatic carbocycles. The van der Waals surface area contributed by atoms with Gasteiger partial charge in [0.25, 0.3) is 5.56 Å². The van der Waals surface area contributed by atoms with E-state index in [0.29, 0.717) is 15.7 Å². The number of aromatic nitrogens is 4. The first-order valence-corrected chi connectivity index (χ1v) is 8.71. The third-order valence-corrected chi connectivity index (χ3v) is 4.60. The predicted octanol–water partition coefficient (Wildman–Crippen LogP) is 1.15. The van der Waals surface area contributed by atoms with Crippen molar-refractivity contribution in [3.63, 3.8) is 0 Å². The molecule has 9 nitrogen and oxygen atoms in total. The number of hydrogen-bond acceptors (Lipinski definition) is 9. The molecular formula is C13H15N5O4S2. The molecule has 0 spiro atoms. The van der Waals surface area contributed by atoms with Gasteiger partial charge in [-0.3, -0.25) is 14.6 Å². The van der Waals surface area contributed by atoms with Gasteiger partial charge in [0.1, 0.15) is 10.6 Å². The van der Waals surface area contributed by atoms with Crippen molar-refractivity contribution in [2.45, 2.75) is 25.9 Å². The molecule has 0 aliphatic rings. The Kier molecular flexibility index (Phi) is 6.04. The molecule has 0 aliphatic carbocycles. The van der Waals surface area contributed by atoms with Crippen LogP contribution in [0.4, 0.5) is 5.13 Å². The lowest BCUT2D eigenvalue weighted by molar-refractivity contribution is -0.113. The number of rotatable bonds is 6. The lowest BCUT2D eigenvalue weighted by Crippen LogP contribution is -2.17. The summed E-state index contributed by atoms with van der Waals surface area (Å²) in [7, 11) is 0. The topological polar surface area (TPSA) is 127 Å². The molecular weight excluding hydrogens is 354 g/mol. The molecule has 2 heterocycles. The van der Waals surface area contributed by atoms with Gasteiger partial charge in [0, 0.05) is 0 Å². The van der Waals surface area contributed by atoms with Crippen molar-refractivity contribution in [1.82, 2.24) is 20.2 Å². The summed E-state index contributed by atoms with van der Waals surface area (Å²) in [5.41, 5.74) is 0.409. The molecule has 2 rings (SSSR count). The third-order valence-electron chi connectivity index (χ3n) is 2.68. The quantitative estimate of drug-likeness (QED) is 0.573. The number of esters is 1. The second-order valence-corrected chi connectivity index (χ2v) is 6.50. The minimum atomic E-state index is -0.463. The summed E-state index contributed by atoms with van der Waals surface area (Å²) in [6.07, 6.45) is 0. The van der Waals surface area contributed by atoms with Crippen LogP contribution < -0.4 is 10.9 Å². The Hall–Kier alpha value is -2.27. The number of aryl methyl sites for hydroxylation is 2. The molecule has 24 heavy (non-hydrogen) atoms. The van der Waals surface area contributed by atoms with E-state index >= 15 is 0 Å². The largest absolute Gasteiger partial charge is 0.462 e. The summed E-state index contributed by atoms with van der Waals surface area (Å²) >= 11 is 2.09. The van der Waals surface area contributed by atoms with Crippen LogP contribution in [0.2, 0.25) is 0 Å². The summed E-state index contributed by atoms with van der Waals surface area (Å²) in [5, 5.41) is 10.6. The molecule has 0 fully saturated rings. The van der Waals surface area contributed by atoms with E-state index in [2.05, 4.69) is 25.5 Å². The maximum absolute atomic E-state index is 11.9. The highest BCUT2D eigenvalue weighted by atomic mass is 32.2. The molecule has 2 aromatic rings. The van der Waals surface area contributed by atoms with Gasteiger partial charge >= 0.3 is 5.97 Å². The zero-order valence-electron chi connectivity index (χ0n) is 13.2. The number of aromatic amines is 1. The highest BCUT2D eigenvalue weighted by molar-refractivity contribution is 7.99. The Morgan fingerprint density at radius 1 is 1.29 bits per heavy atom. The zero-order valence-corrected chi connectivity index (χ0v) is 14.8. The molecule has 0 bridgehead atoms. The van der Waals surface area contributed by atoms with E-state index in [4.69, 9.17) is 4.74 Å². The lowest BCUT2D eigenvalue weighted by atomic mass is 10.4. The maximum Gasteiger partial charge on any atom is 0.350 e. The fraction of sp³-hybridized carbons (Fsp3) is 0.385. The van der Waals surface area contributed by atoms with E-state index in [1.165, 1.54) is 0 Å². The number of nitrogens with zero attached hydrogens (tertiary/aromatic N) is 3. The smallest absolute Gasteiger partial charge is 0.350 e. The van der Waals surface area contributed by atoms with Crippen LogP contribution in [0, 0.1) is 13.8 Å². The van der Waals surface area contributed by atoms with Crippen LogP contribution in [-0.4, -0.2) is 44.4 Å². The second kappa shape index (κ2) is 8.02. The molecule has 0 atom stereocenters. The SMILES string of the molecule is CCOC(=O)c1sc(NC(=O)CSc2nnc(C)c(=O)[nH]2)nc1C. The van der Waals surface area contributed by atoms with Gasteiger partial charge in [-0.2, -0.15) is 0 Å². The number of amides is 1.